The lowest BCUT2D eigenvalue weighted by molar-refractivity contribution is -0.123. The van der Waals surface area contributed by atoms with Crippen LogP contribution >= 0.6 is 0 Å². The molecule has 76 valence electrons. The van der Waals surface area contributed by atoms with Crippen molar-refractivity contribution < 1.29 is 14.7 Å². The van der Waals surface area contributed by atoms with Crippen LogP contribution in [-0.2, 0) is 4.79 Å². The Kier molecular flexibility index (Phi) is 2.85. The van der Waals surface area contributed by atoms with Gasteiger partial charge in [-0.05, 0) is 13.0 Å². The minimum Gasteiger partial charge on any atom is -0.476 e. The predicted octanol–water partition coefficient (Wildman–Crippen LogP) is -0.112. The summed E-state index contributed by atoms with van der Waals surface area (Å²) < 4.78 is 1.31. The van der Waals surface area contributed by atoms with Crippen molar-refractivity contribution in [3.8, 4) is 0 Å². The van der Waals surface area contributed by atoms with E-state index in [4.69, 9.17) is 5.11 Å². The molecule has 0 saturated heterocycles. The fourth-order valence-corrected chi connectivity index (χ4v) is 0.997. The summed E-state index contributed by atoms with van der Waals surface area (Å²) in [6, 6.07) is 0.843. The molecule has 1 aromatic heterocycles. The predicted molar refractivity (Wildman–Crippen MR) is 48.0 cm³/mol. The molecule has 1 heterocycles. The first-order chi connectivity index (χ1) is 6.56. The maximum atomic E-state index is 11.2. The average Bonchev–Trinajstić information content (AvgIpc) is 2.64. The molecular formula is C8H11N3O3. The molecule has 6 nitrogen and oxygen atoms in total. The van der Waals surface area contributed by atoms with Crippen molar-refractivity contribution in [1.82, 2.24) is 15.1 Å². The molecule has 1 rings (SSSR count). The molecule has 0 aliphatic rings. The van der Waals surface area contributed by atoms with Crippen LogP contribution in [0, 0.1) is 0 Å². The third kappa shape index (κ3) is 1.90. The normalized spacial score (nSPS) is 12.1. The van der Waals surface area contributed by atoms with E-state index < -0.39 is 12.0 Å². The smallest absolute Gasteiger partial charge is 0.356 e. The lowest BCUT2D eigenvalue weighted by Gasteiger charge is -2.09. The average molecular weight is 197 g/mol. The van der Waals surface area contributed by atoms with Crippen LogP contribution in [0.15, 0.2) is 12.3 Å². The number of nitrogens with zero attached hydrogens (tertiary/aromatic N) is 2. The van der Waals surface area contributed by atoms with Crippen LogP contribution in [0.1, 0.15) is 23.5 Å². The highest BCUT2D eigenvalue weighted by Gasteiger charge is 2.15. The van der Waals surface area contributed by atoms with Gasteiger partial charge in [0.15, 0.2) is 5.69 Å². The van der Waals surface area contributed by atoms with E-state index in [1.165, 1.54) is 24.0 Å². The second-order valence-electron chi connectivity index (χ2n) is 2.78. The molecule has 1 amide bonds. The van der Waals surface area contributed by atoms with Crippen molar-refractivity contribution >= 4 is 11.9 Å². The van der Waals surface area contributed by atoms with E-state index in [9.17, 15) is 9.59 Å². The Balaban J connectivity index is 2.86. The highest BCUT2D eigenvalue weighted by Crippen LogP contribution is 2.05. The van der Waals surface area contributed by atoms with Crippen LogP contribution in [0.5, 0.6) is 0 Å². The van der Waals surface area contributed by atoms with E-state index in [-0.39, 0.29) is 11.6 Å². The molecule has 0 radical (unpaired) electrons. The third-order valence-electron chi connectivity index (χ3n) is 1.85. The Morgan fingerprint density at radius 3 is 2.71 bits per heavy atom. The number of amides is 1. The zero-order chi connectivity index (χ0) is 10.7. The second-order valence-corrected chi connectivity index (χ2v) is 2.78. The van der Waals surface area contributed by atoms with Crippen LogP contribution in [0.25, 0.3) is 0 Å². The molecule has 1 atom stereocenters. The highest BCUT2D eigenvalue weighted by atomic mass is 16.4. The first-order valence-corrected chi connectivity index (χ1v) is 4.06. The minimum atomic E-state index is -1.10. The number of rotatable bonds is 3. The SMILES string of the molecule is CNC(=O)C(C)n1ccc(C(=O)O)n1. The van der Waals surface area contributed by atoms with Gasteiger partial charge in [-0.3, -0.25) is 9.48 Å². The van der Waals surface area contributed by atoms with Gasteiger partial charge in [0.05, 0.1) is 0 Å². The maximum absolute atomic E-state index is 11.2. The first-order valence-electron chi connectivity index (χ1n) is 4.06. The van der Waals surface area contributed by atoms with E-state index >= 15 is 0 Å². The largest absolute Gasteiger partial charge is 0.476 e. The molecular weight excluding hydrogens is 186 g/mol. The van der Waals surface area contributed by atoms with Gasteiger partial charge in [-0.1, -0.05) is 0 Å². The highest BCUT2D eigenvalue weighted by molar-refractivity contribution is 5.85. The fourth-order valence-electron chi connectivity index (χ4n) is 0.997. The third-order valence-corrected chi connectivity index (χ3v) is 1.85. The number of carboxylic acid groups (broad SMARTS) is 1. The van der Waals surface area contributed by atoms with E-state index in [0.29, 0.717) is 0 Å². The Morgan fingerprint density at radius 1 is 1.64 bits per heavy atom. The molecule has 0 bridgehead atoms. The van der Waals surface area contributed by atoms with Gasteiger partial charge in [0.1, 0.15) is 6.04 Å². The molecule has 2 N–H and O–H groups in total. The molecule has 0 fully saturated rings. The Labute approximate surface area is 80.5 Å². The number of likely N-dealkylation sites (N-methyl/N-ethyl adjacent to an activating group) is 1. The van der Waals surface area contributed by atoms with Crippen molar-refractivity contribution in [2.24, 2.45) is 0 Å². The van der Waals surface area contributed by atoms with Crippen LogP contribution in [0.2, 0.25) is 0 Å². The van der Waals surface area contributed by atoms with Gasteiger partial charge in [0.25, 0.3) is 0 Å². The number of carbonyl (C=O) groups is 2. The van der Waals surface area contributed by atoms with Crippen LogP contribution < -0.4 is 5.32 Å². The zero-order valence-corrected chi connectivity index (χ0v) is 7.89. The topological polar surface area (TPSA) is 84.2 Å². The number of aromatic carboxylic acids is 1. The van der Waals surface area contributed by atoms with Gasteiger partial charge in [-0.15, -0.1) is 0 Å². The Morgan fingerprint density at radius 2 is 2.29 bits per heavy atom. The van der Waals surface area contributed by atoms with E-state index in [1.807, 2.05) is 0 Å². The zero-order valence-electron chi connectivity index (χ0n) is 7.89. The van der Waals surface area contributed by atoms with Crippen LogP contribution in [0.4, 0.5) is 0 Å². The van der Waals surface area contributed by atoms with Crippen molar-refractivity contribution in [3.05, 3.63) is 18.0 Å². The number of aromatic nitrogens is 2. The van der Waals surface area contributed by atoms with Crippen LogP contribution in [-0.4, -0.2) is 33.8 Å². The van der Waals surface area contributed by atoms with Gasteiger partial charge in [0.2, 0.25) is 5.91 Å². The molecule has 0 aliphatic heterocycles. The summed E-state index contributed by atoms with van der Waals surface area (Å²) in [4.78, 5) is 21.7. The number of carboxylic acids is 1. The van der Waals surface area contributed by atoms with Crippen molar-refractivity contribution in [2.45, 2.75) is 13.0 Å². The first kappa shape index (κ1) is 10.2. The second kappa shape index (κ2) is 3.91. The molecule has 6 heteroatoms. The lowest BCUT2D eigenvalue weighted by Crippen LogP contribution is -2.28. The van der Waals surface area contributed by atoms with E-state index in [2.05, 4.69) is 10.4 Å². The summed E-state index contributed by atoms with van der Waals surface area (Å²) in [5.74, 6) is -1.32. The number of carbonyl (C=O) groups excluding carboxylic acids is 1. The summed E-state index contributed by atoms with van der Waals surface area (Å²) in [6.45, 7) is 1.64. The van der Waals surface area contributed by atoms with Gasteiger partial charge in [-0.25, -0.2) is 4.79 Å². The van der Waals surface area contributed by atoms with E-state index in [0.717, 1.165) is 0 Å². The minimum absolute atomic E-state index is 0.0687. The van der Waals surface area contributed by atoms with Crippen molar-refractivity contribution in [3.63, 3.8) is 0 Å². The number of nitrogens with one attached hydrogen (secondary N) is 1. The van der Waals surface area contributed by atoms with E-state index in [1.54, 1.807) is 6.92 Å². The number of hydrogen-bond acceptors (Lipinski definition) is 3. The van der Waals surface area contributed by atoms with Gasteiger partial charge >= 0.3 is 5.97 Å². The molecule has 0 saturated carbocycles. The monoisotopic (exact) mass is 197 g/mol. The summed E-state index contributed by atoms with van der Waals surface area (Å²) in [7, 11) is 1.51. The van der Waals surface area contributed by atoms with Crippen molar-refractivity contribution in [2.75, 3.05) is 7.05 Å². The quantitative estimate of drug-likeness (QED) is 0.708. The van der Waals surface area contributed by atoms with Gasteiger partial charge in [0, 0.05) is 13.2 Å². The Bertz CT molecular complexity index is 358. The number of hydrogen-bond donors (Lipinski definition) is 2. The molecule has 0 aliphatic carbocycles. The summed E-state index contributed by atoms with van der Waals surface area (Å²) in [5, 5.41) is 14.8. The lowest BCUT2D eigenvalue weighted by atomic mass is 10.3. The summed E-state index contributed by atoms with van der Waals surface area (Å²) >= 11 is 0. The molecule has 0 aromatic carbocycles. The molecule has 14 heavy (non-hydrogen) atoms. The summed E-state index contributed by atoms with van der Waals surface area (Å²) in [5.41, 5.74) is -0.0687. The molecule has 1 unspecified atom stereocenters. The standard InChI is InChI=1S/C8H11N3O3/c1-5(7(12)9-2)11-4-3-6(10-11)8(13)14/h3-5H,1-2H3,(H,9,12)(H,13,14). The fraction of sp³-hybridized carbons (Fsp3) is 0.375. The maximum Gasteiger partial charge on any atom is 0.356 e. The Hall–Kier alpha value is -1.85. The van der Waals surface area contributed by atoms with Gasteiger partial charge < -0.3 is 10.4 Å². The van der Waals surface area contributed by atoms with Gasteiger partial charge in [-0.2, -0.15) is 5.10 Å². The molecule has 1 aromatic rings. The van der Waals surface area contributed by atoms with Crippen LogP contribution in [0.3, 0.4) is 0 Å². The van der Waals surface area contributed by atoms with Crippen molar-refractivity contribution in [1.29, 1.82) is 0 Å². The molecule has 0 spiro atoms. The summed E-state index contributed by atoms with van der Waals surface area (Å²) in [6.07, 6.45) is 1.46.